The van der Waals surface area contributed by atoms with Crippen LogP contribution >= 0.6 is 11.6 Å². The fourth-order valence-electron chi connectivity index (χ4n) is 2.52. The molecule has 0 aliphatic rings. The lowest BCUT2D eigenvalue weighted by molar-refractivity contribution is -0.117. The highest BCUT2D eigenvalue weighted by molar-refractivity contribution is 6.30. The number of halogens is 1. The SMILES string of the molecule is N#Cc1ccc(/C=C/C(=O)NNC(=O)c2ccc(COc3ccc(Cl)cc3)cc2)cc1. The van der Waals surface area contributed by atoms with Crippen LogP contribution in [0.3, 0.4) is 0 Å². The Kier molecular flexibility index (Phi) is 7.41. The molecule has 31 heavy (non-hydrogen) atoms. The Bertz CT molecular complexity index is 1120. The van der Waals surface area contributed by atoms with Crippen molar-refractivity contribution in [1.29, 1.82) is 5.26 Å². The molecule has 0 bridgehead atoms. The zero-order chi connectivity index (χ0) is 22.1. The Morgan fingerprint density at radius 2 is 1.61 bits per heavy atom. The van der Waals surface area contributed by atoms with Gasteiger partial charge in [0.2, 0.25) is 0 Å². The topological polar surface area (TPSA) is 91.2 Å². The molecule has 2 N–H and O–H groups in total. The highest BCUT2D eigenvalue weighted by Crippen LogP contribution is 2.17. The second-order valence-electron chi connectivity index (χ2n) is 6.45. The van der Waals surface area contributed by atoms with Gasteiger partial charge in [-0.3, -0.25) is 20.4 Å². The largest absolute Gasteiger partial charge is 0.489 e. The standard InChI is InChI=1S/C24H18ClN3O3/c25-21-10-12-22(13-11-21)31-16-19-5-8-20(9-6-19)24(30)28-27-23(29)14-7-17-1-3-18(15-26)4-2-17/h1-14H,16H2,(H,27,29)(H,28,30)/b14-7+. The number of rotatable bonds is 6. The molecule has 3 rings (SSSR count). The number of carbonyl (C=O) groups is 2. The minimum absolute atomic E-state index is 0.348. The molecule has 0 aliphatic carbocycles. The van der Waals surface area contributed by atoms with Crippen LogP contribution in [0.1, 0.15) is 27.0 Å². The van der Waals surface area contributed by atoms with Crippen molar-refractivity contribution < 1.29 is 14.3 Å². The van der Waals surface area contributed by atoms with E-state index in [-0.39, 0.29) is 0 Å². The first-order valence-electron chi connectivity index (χ1n) is 9.29. The monoisotopic (exact) mass is 431 g/mol. The van der Waals surface area contributed by atoms with Gasteiger partial charge in [-0.25, -0.2) is 0 Å². The summed E-state index contributed by atoms with van der Waals surface area (Å²) in [6.45, 7) is 0.348. The summed E-state index contributed by atoms with van der Waals surface area (Å²) < 4.78 is 5.66. The Balaban J connectivity index is 1.46. The second kappa shape index (κ2) is 10.6. The smallest absolute Gasteiger partial charge is 0.269 e. The molecule has 3 aromatic carbocycles. The van der Waals surface area contributed by atoms with E-state index >= 15 is 0 Å². The van der Waals surface area contributed by atoms with E-state index in [4.69, 9.17) is 21.6 Å². The van der Waals surface area contributed by atoms with Gasteiger partial charge in [0.25, 0.3) is 11.8 Å². The van der Waals surface area contributed by atoms with E-state index in [2.05, 4.69) is 10.9 Å². The molecule has 154 valence electrons. The molecule has 0 aromatic heterocycles. The van der Waals surface area contributed by atoms with Gasteiger partial charge in [-0.15, -0.1) is 0 Å². The number of ether oxygens (including phenoxy) is 1. The van der Waals surface area contributed by atoms with E-state index in [1.54, 1.807) is 78.9 Å². The zero-order valence-corrected chi connectivity index (χ0v) is 17.1. The molecular weight excluding hydrogens is 414 g/mol. The maximum absolute atomic E-state index is 12.2. The fraction of sp³-hybridized carbons (Fsp3) is 0.0417. The average Bonchev–Trinajstić information content (AvgIpc) is 2.81. The van der Waals surface area contributed by atoms with Crippen molar-refractivity contribution in [3.05, 3.63) is 106 Å². The quantitative estimate of drug-likeness (QED) is 0.450. The van der Waals surface area contributed by atoms with Crippen LogP contribution in [0, 0.1) is 11.3 Å². The van der Waals surface area contributed by atoms with Crippen LogP contribution in [0.15, 0.2) is 78.9 Å². The molecule has 0 unspecified atom stereocenters. The van der Waals surface area contributed by atoms with Crippen molar-refractivity contribution in [2.24, 2.45) is 0 Å². The van der Waals surface area contributed by atoms with E-state index in [1.165, 1.54) is 6.08 Å². The molecular formula is C24H18ClN3O3. The number of amides is 2. The summed E-state index contributed by atoms with van der Waals surface area (Å²) in [4.78, 5) is 24.1. The molecule has 6 nitrogen and oxygen atoms in total. The van der Waals surface area contributed by atoms with Gasteiger partial charge in [0.05, 0.1) is 11.6 Å². The molecule has 3 aromatic rings. The van der Waals surface area contributed by atoms with Crippen molar-refractivity contribution in [3.63, 3.8) is 0 Å². The number of nitrogens with zero attached hydrogens (tertiary/aromatic N) is 1. The average molecular weight is 432 g/mol. The van der Waals surface area contributed by atoms with Gasteiger partial charge < -0.3 is 4.74 Å². The summed E-state index contributed by atoms with van der Waals surface area (Å²) in [5.41, 5.74) is 7.27. The summed E-state index contributed by atoms with van der Waals surface area (Å²) in [5, 5.41) is 9.42. The van der Waals surface area contributed by atoms with Gasteiger partial charge in [0, 0.05) is 16.7 Å². The van der Waals surface area contributed by atoms with Crippen molar-refractivity contribution in [2.75, 3.05) is 0 Å². The number of nitrogens with one attached hydrogen (secondary N) is 2. The van der Waals surface area contributed by atoms with Crippen LogP contribution in [0.5, 0.6) is 5.75 Å². The molecule has 7 heteroatoms. The lowest BCUT2D eigenvalue weighted by Crippen LogP contribution is -2.40. The van der Waals surface area contributed by atoms with Crippen molar-refractivity contribution in [3.8, 4) is 11.8 Å². The number of hydrogen-bond donors (Lipinski definition) is 2. The predicted molar refractivity (Wildman–Crippen MR) is 118 cm³/mol. The summed E-state index contributed by atoms with van der Waals surface area (Å²) in [7, 11) is 0. The van der Waals surface area contributed by atoms with E-state index in [0.717, 1.165) is 11.1 Å². The number of carbonyl (C=O) groups excluding carboxylic acids is 2. The highest BCUT2D eigenvalue weighted by atomic mass is 35.5. The van der Waals surface area contributed by atoms with E-state index in [1.807, 2.05) is 6.07 Å². The number of benzene rings is 3. The van der Waals surface area contributed by atoms with Gasteiger partial charge in [0.1, 0.15) is 12.4 Å². The number of hydrogen-bond acceptors (Lipinski definition) is 4. The first-order valence-corrected chi connectivity index (χ1v) is 9.67. The van der Waals surface area contributed by atoms with Crippen LogP contribution in [0.25, 0.3) is 6.08 Å². The highest BCUT2D eigenvalue weighted by Gasteiger charge is 2.06. The maximum Gasteiger partial charge on any atom is 0.269 e. The Morgan fingerprint density at radius 3 is 2.26 bits per heavy atom. The van der Waals surface area contributed by atoms with Gasteiger partial charge in [0.15, 0.2) is 0 Å². The number of nitriles is 1. The van der Waals surface area contributed by atoms with Crippen LogP contribution in [-0.4, -0.2) is 11.8 Å². The normalized spacial score (nSPS) is 10.3. The van der Waals surface area contributed by atoms with E-state index < -0.39 is 11.8 Å². The fourth-order valence-corrected chi connectivity index (χ4v) is 2.65. The summed E-state index contributed by atoms with van der Waals surface area (Å²) in [5.74, 6) is -0.223. The molecule has 0 heterocycles. The molecule has 2 amide bonds. The molecule has 0 saturated carbocycles. The predicted octanol–water partition coefficient (Wildman–Crippen LogP) is 4.27. The number of hydrazine groups is 1. The zero-order valence-electron chi connectivity index (χ0n) is 16.3. The van der Waals surface area contributed by atoms with E-state index in [9.17, 15) is 9.59 Å². The molecule has 0 atom stereocenters. The van der Waals surface area contributed by atoms with Crippen LogP contribution in [0.2, 0.25) is 5.02 Å². The van der Waals surface area contributed by atoms with Crippen LogP contribution in [-0.2, 0) is 11.4 Å². The molecule has 0 aliphatic heterocycles. The van der Waals surface area contributed by atoms with Crippen molar-refractivity contribution >= 4 is 29.5 Å². The first kappa shape index (κ1) is 21.6. The minimum Gasteiger partial charge on any atom is -0.489 e. The minimum atomic E-state index is -0.481. The van der Waals surface area contributed by atoms with Crippen LogP contribution < -0.4 is 15.6 Å². The third-order valence-electron chi connectivity index (χ3n) is 4.20. The Hall–Kier alpha value is -4.08. The van der Waals surface area contributed by atoms with Gasteiger partial charge >= 0.3 is 0 Å². The second-order valence-corrected chi connectivity index (χ2v) is 6.89. The Labute approximate surface area is 184 Å². The summed E-state index contributed by atoms with van der Waals surface area (Å²) in [6, 6.07) is 22.7. The Morgan fingerprint density at radius 1 is 0.935 bits per heavy atom. The third-order valence-corrected chi connectivity index (χ3v) is 4.45. The molecule has 0 saturated heterocycles. The van der Waals surface area contributed by atoms with Gasteiger partial charge in [-0.1, -0.05) is 35.9 Å². The van der Waals surface area contributed by atoms with Crippen molar-refractivity contribution in [1.82, 2.24) is 10.9 Å². The maximum atomic E-state index is 12.2. The lowest BCUT2D eigenvalue weighted by Gasteiger charge is -2.08. The molecule has 0 spiro atoms. The molecule has 0 radical (unpaired) electrons. The van der Waals surface area contributed by atoms with Gasteiger partial charge in [-0.05, 0) is 65.7 Å². The summed E-state index contributed by atoms with van der Waals surface area (Å²) >= 11 is 5.84. The lowest BCUT2D eigenvalue weighted by atomic mass is 10.1. The summed E-state index contributed by atoms with van der Waals surface area (Å²) in [6.07, 6.45) is 2.87. The van der Waals surface area contributed by atoms with Gasteiger partial charge in [-0.2, -0.15) is 5.26 Å². The van der Waals surface area contributed by atoms with Crippen LogP contribution in [0.4, 0.5) is 0 Å². The van der Waals surface area contributed by atoms with Crippen molar-refractivity contribution in [2.45, 2.75) is 6.61 Å². The molecule has 0 fully saturated rings. The van der Waals surface area contributed by atoms with E-state index in [0.29, 0.717) is 28.5 Å². The first-order chi connectivity index (χ1) is 15.0. The third kappa shape index (κ3) is 6.74.